The van der Waals surface area contributed by atoms with Gasteiger partial charge in [0, 0.05) is 6.54 Å². The number of halogens is 1. The van der Waals surface area contributed by atoms with E-state index < -0.39 is 18.5 Å². The quantitative estimate of drug-likeness (QED) is 0.581. The maximum absolute atomic E-state index is 12.0. The maximum atomic E-state index is 12.0. The van der Waals surface area contributed by atoms with Crippen LogP contribution in [0.3, 0.4) is 0 Å². The van der Waals surface area contributed by atoms with Crippen molar-refractivity contribution in [2.24, 2.45) is 0 Å². The fourth-order valence-corrected chi connectivity index (χ4v) is 1.89. The van der Waals surface area contributed by atoms with Crippen LogP contribution in [0, 0.1) is 0 Å². The summed E-state index contributed by atoms with van der Waals surface area (Å²) in [5.41, 5.74) is 0.166. The molecule has 7 heteroatoms. The SMILES string of the molecule is C=CCNC(=O)COC(=O)c1cc(Cl)c(OC(C)C)c(OC)c1. The first-order valence-corrected chi connectivity index (χ1v) is 7.35. The summed E-state index contributed by atoms with van der Waals surface area (Å²) in [4.78, 5) is 23.4. The van der Waals surface area contributed by atoms with Gasteiger partial charge in [0.15, 0.2) is 18.1 Å². The highest BCUT2D eigenvalue weighted by Crippen LogP contribution is 2.37. The molecule has 0 saturated carbocycles. The molecule has 0 aliphatic heterocycles. The highest BCUT2D eigenvalue weighted by Gasteiger charge is 2.18. The summed E-state index contributed by atoms with van der Waals surface area (Å²) in [6.07, 6.45) is 1.42. The maximum Gasteiger partial charge on any atom is 0.338 e. The zero-order valence-corrected chi connectivity index (χ0v) is 14.1. The Balaban J connectivity index is 2.83. The van der Waals surface area contributed by atoms with Gasteiger partial charge in [-0.2, -0.15) is 0 Å². The van der Waals surface area contributed by atoms with Crippen molar-refractivity contribution in [1.82, 2.24) is 5.32 Å². The van der Waals surface area contributed by atoms with Crippen molar-refractivity contribution < 1.29 is 23.8 Å². The summed E-state index contributed by atoms with van der Waals surface area (Å²) in [6.45, 7) is 7.07. The van der Waals surface area contributed by atoms with Crippen LogP contribution >= 0.6 is 11.6 Å². The zero-order chi connectivity index (χ0) is 17.4. The lowest BCUT2D eigenvalue weighted by Gasteiger charge is -2.16. The van der Waals surface area contributed by atoms with Crippen LogP contribution in [0.25, 0.3) is 0 Å². The molecular weight excluding hydrogens is 322 g/mol. The number of carbonyl (C=O) groups excluding carboxylic acids is 2. The van der Waals surface area contributed by atoms with Crippen molar-refractivity contribution in [3.05, 3.63) is 35.4 Å². The number of nitrogens with one attached hydrogen (secondary N) is 1. The molecule has 0 fully saturated rings. The van der Waals surface area contributed by atoms with E-state index in [4.69, 9.17) is 25.8 Å². The minimum Gasteiger partial charge on any atom is -0.493 e. The van der Waals surface area contributed by atoms with E-state index in [1.807, 2.05) is 13.8 Å². The van der Waals surface area contributed by atoms with Gasteiger partial charge in [0.05, 0.1) is 23.8 Å². The van der Waals surface area contributed by atoms with Crippen LogP contribution in [-0.4, -0.2) is 38.2 Å². The number of ether oxygens (including phenoxy) is 3. The minimum absolute atomic E-state index is 0.104. The molecule has 1 aromatic carbocycles. The second kappa shape index (κ2) is 9.05. The third-order valence-electron chi connectivity index (χ3n) is 2.60. The fraction of sp³-hybridized carbons (Fsp3) is 0.375. The van der Waals surface area contributed by atoms with E-state index in [0.717, 1.165) is 0 Å². The smallest absolute Gasteiger partial charge is 0.338 e. The predicted molar refractivity (Wildman–Crippen MR) is 87.3 cm³/mol. The third kappa shape index (κ3) is 5.83. The molecule has 0 spiro atoms. The molecule has 126 valence electrons. The lowest BCUT2D eigenvalue weighted by atomic mass is 10.2. The van der Waals surface area contributed by atoms with Gasteiger partial charge in [0.2, 0.25) is 0 Å². The molecule has 0 heterocycles. The Hall–Kier alpha value is -2.21. The van der Waals surface area contributed by atoms with Gasteiger partial charge in [-0.25, -0.2) is 4.79 Å². The van der Waals surface area contributed by atoms with Gasteiger partial charge in [-0.3, -0.25) is 4.79 Å². The number of rotatable bonds is 8. The molecule has 1 amide bonds. The summed E-state index contributed by atoms with van der Waals surface area (Å²) in [5, 5.41) is 2.72. The van der Waals surface area contributed by atoms with E-state index in [0.29, 0.717) is 18.0 Å². The number of hydrogen-bond acceptors (Lipinski definition) is 5. The summed E-state index contributed by atoms with van der Waals surface area (Å²) >= 11 is 6.13. The van der Waals surface area contributed by atoms with Gasteiger partial charge in [-0.05, 0) is 26.0 Å². The van der Waals surface area contributed by atoms with E-state index in [1.54, 1.807) is 0 Å². The monoisotopic (exact) mass is 341 g/mol. The van der Waals surface area contributed by atoms with E-state index >= 15 is 0 Å². The van der Waals surface area contributed by atoms with Crippen molar-refractivity contribution in [2.45, 2.75) is 20.0 Å². The number of carbonyl (C=O) groups is 2. The van der Waals surface area contributed by atoms with Gasteiger partial charge >= 0.3 is 5.97 Å². The fourth-order valence-electron chi connectivity index (χ4n) is 1.64. The Morgan fingerprint density at radius 3 is 2.65 bits per heavy atom. The van der Waals surface area contributed by atoms with Crippen LogP contribution in [0.4, 0.5) is 0 Å². The summed E-state index contributed by atoms with van der Waals surface area (Å²) in [7, 11) is 1.44. The first kappa shape index (κ1) is 18.8. The highest BCUT2D eigenvalue weighted by molar-refractivity contribution is 6.32. The molecule has 0 radical (unpaired) electrons. The standard InChI is InChI=1S/C16H20ClNO5/c1-5-6-18-14(19)9-22-16(20)11-7-12(17)15(23-10(2)3)13(8-11)21-4/h5,7-8,10H,1,6,9H2,2-4H3,(H,18,19). The topological polar surface area (TPSA) is 73.9 Å². The second-order valence-electron chi connectivity index (χ2n) is 4.82. The third-order valence-corrected chi connectivity index (χ3v) is 2.88. The summed E-state index contributed by atoms with van der Waals surface area (Å²) in [5.74, 6) is -0.440. The molecule has 1 rings (SSSR count). The summed E-state index contributed by atoms with van der Waals surface area (Å²) in [6, 6.07) is 2.86. The Morgan fingerprint density at radius 1 is 1.39 bits per heavy atom. The highest BCUT2D eigenvalue weighted by atomic mass is 35.5. The largest absolute Gasteiger partial charge is 0.493 e. The minimum atomic E-state index is -0.685. The zero-order valence-electron chi connectivity index (χ0n) is 13.3. The second-order valence-corrected chi connectivity index (χ2v) is 5.23. The van der Waals surface area contributed by atoms with Crippen LogP contribution in [-0.2, 0) is 9.53 Å². The molecule has 0 atom stereocenters. The number of hydrogen-bond donors (Lipinski definition) is 1. The van der Waals surface area contributed by atoms with E-state index in [1.165, 1.54) is 25.3 Å². The van der Waals surface area contributed by atoms with E-state index in [-0.39, 0.29) is 16.7 Å². The number of benzene rings is 1. The van der Waals surface area contributed by atoms with Gasteiger partial charge in [-0.1, -0.05) is 17.7 Å². The summed E-state index contributed by atoms with van der Waals surface area (Å²) < 4.78 is 15.7. The molecule has 0 aliphatic rings. The molecule has 0 saturated heterocycles. The first-order valence-electron chi connectivity index (χ1n) is 6.98. The Morgan fingerprint density at radius 2 is 2.09 bits per heavy atom. The van der Waals surface area contributed by atoms with Gasteiger partial charge < -0.3 is 19.5 Å². The Labute approximate surface area is 140 Å². The van der Waals surface area contributed by atoms with Crippen LogP contribution in [0.15, 0.2) is 24.8 Å². The molecular formula is C16H20ClNO5. The van der Waals surface area contributed by atoms with Crippen molar-refractivity contribution >= 4 is 23.5 Å². The first-order chi connectivity index (χ1) is 10.9. The molecule has 0 aromatic heterocycles. The van der Waals surface area contributed by atoms with Crippen LogP contribution < -0.4 is 14.8 Å². The van der Waals surface area contributed by atoms with Gasteiger partial charge in [-0.15, -0.1) is 6.58 Å². The molecule has 0 aliphatic carbocycles. The molecule has 1 aromatic rings. The number of methoxy groups -OCH3 is 1. The predicted octanol–water partition coefficient (Wildman–Crippen LogP) is 2.59. The van der Waals surface area contributed by atoms with Gasteiger partial charge in [0.25, 0.3) is 5.91 Å². The normalized spacial score (nSPS) is 10.1. The average Bonchev–Trinajstić information content (AvgIpc) is 2.51. The van der Waals surface area contributed by atoms with Crippen molar-refractivity contribution in [1.29, 1.82) is 0 Å². The van der Waals surface area contributed by atoms with Crippen molar-refractivity contribution in [2.75, 3.05) is 20.3 Å². The van der Waals surface area contributed by atoms with E-state index in [2.05, 4.69) is 11.9 Å². The van der Waals surface area contributed by atoms with Crippen LogP contribution in [0.2, 0.25) is 5.02 Å². The number of amides is 1. The molecule has 1 N–H and O–H groups in total. The lowest BCUT2D eigenvalue weighted by Crippen LogP contribution is -2.28. The van der Waals surface area contributed by atoms with E-state index in [9.17, 15) is 9.59 Å². The number of esters is 1. The lowest BCUT2D eigenvalue weighted by molar-refractivity contribution is -0.124. The van der Waals surface area contributed by atoms with Crippen molar-refractivity contribution in [3.8, 4) is 11.5 Å². The van der Waals surface area contributed by atoms with Crippen LogP contribution in [0.5, 0.6) is 11.5 Å². The van der Waals surface area contributed by atoms with Crippen LogP contribution in [0.1, 0.15) is 24.2 Å². The average molecular weight is 342 g/mol. The van der Waals surface area contributed by atoms with Gasteiger partial charge in [0.1, 0.15) is 0 Å². The molecule has 0 bridgehead atoms. The Bertz CT molecular complexity index is 586. The van der Waals surface area contributed by atoms with Crippen molar-refractivity contribution in [3.63, 3.8) is 0 Å². The molecule has 0 unspecified atom stereocenters. The molecule has 6 nitrogen and oxygen atoms in total. The Kier molecular flexibility index (Phi) is 7.41. The molecule has 23 heavy (non-hydrogen) atoms.